The third-order valence-corrected chi connectivity index (χ3v) is 5.49. The lowest BCUT2D eigenvalue weighted by atomic mass is 9.73. The number of hydrogen-bond acceptors (Lipinski definition) is 6. The molecule has 2 aromatic rings. The Balaban J connectivity index is 1.67. The molecule has 2 amide bonds. The van der Waals surface area contributed by atoms with Crippen LogP contribution < -0.4 is 15.4 Å². The molecule has 0 aliphatic carbocycles. The van der Waals surface area contributed by atoms with E-state index in [1.807, 2.05) is 24.3 Å². The van der Waals surface area contributed by atoms with E-state index in [4.69, 9.17) is 9.47 Å². The molecule has 1 fully saturated rings. The van der Waals surface area contributed by atoms with Crippen LogP contribution in [-0.4, -0.2) is 51.8 Å². The molecule has 1 aliphatic rings. The molecule has 1 saturated heterocycles. The summed E-state index contributed by atoms with van der Waals surface area (Å²) in [5.41, 5.74) is 1.35. The van der Waals surface area contributed by atoms with Crippen LogP contribution in [0, 0.1) is 0 Å². The molecule has 0 radical (unpaired) electrons. The molecule has 31 heavy (non-hydrogen) atoms. The number of methoxy groups -OCH3 is 2. The van der Waals surface area contributed by atoms with Gasteiger partial charge in [0, 0.05) is 36.4 Å². The number of carbonyl (C=O) groups is 3. The summed E-state index contributed by atoms with van der Waals surface area (Å²) in [6.07, 6.45) is 1.40. The smallest absolute Gasteiger partial charge is 0.337 e. The van der Waals surface area contributed by atoms with Crippen LogP contribution in [0.15, 0.2) is 48.5 Å². The molecule has 1 heterocycles. The van der Waals surface area contributed by atoms with Gasteiger partial charge in [0.25, 0.3) is 0 Å². The Hall–Kier alpha value is -3.39. The topological polar surface area (TPSA) is 103 Å². The summed E-state index contributed by atoms with van der Waals surface area (Å²) in [6, 6.07) is 13.8. The van der Waals surface area contributed by atoms with E-state index in [0.717, 1.165) is 11.3 Å². The largest absolute Gasteiger partial charge is 0.496 e. The van der Waals surface area contributed by atoms with E-state index in [1.165, 1.54) is 31.4 Å². The first-order chi connectivity index (χ1) is 15.0. The van der Waals surface area contributed by atoms with Crippen molar-refractivity contribution in [3.05, 3.63) is 59.7 Å². The molecule has 3 rings (SSSR count). The molecule has 8 heteroatoms. The van der Waals surface area contributed by atoms with Crippen LogP contribution in [0.1, 0.15) is 28.8 Å². The molecule has 0 atom stereocenters. The van der Waals surface area contributed by atoms with Gasteiger partial charge in [0.05, 0.1) is 19.8 Å². The molecule has 0 aromatic heterocycles. The number of esters is 1. The van der Waals surface area contributed by atoms with E-state index in [1.54, 1.807) is 7.11 Å². The highest BCUT2D eigenvalue weighted by molar-refractivity contribution is 6.39. The molecular weight excluding hydrogens is 400 g/mol. The molecular formula is C23H26N2O6. The van der Waals surface area contributed by atoms with Crippen molar-refractivity contribution < 1.29 is 28.6 Å². The standard InChI is InChI=1S/C23H26N2O6/c1-29-19-6-4-3-5-18(19)23(11-13-31-14-12-23)15-24-20(26)21(27)25-17-9-7-16(8-10-17)22(28)30-2/h3-10H,11-15H2,1-2H3,(H,24,26)(H,25,27). The molecule has 2 aromatic carbocycles. The van der Waals surface area contributed by atoms with Gasteiger partial charge in [0.15, 0.2) is 0 Å². The van der Waals surface area contributed by atoms with Gasteiger partial charge in [-0.3, -0.25) is 9.59 Å². The van der Waals surface area contributed by atoms with E-state index in [9.17, 15) is 14.4 Å². The molecule has 0 spiro atoms. The van der Waals surface area contributed by atoms with Crippen molar-refractivity contribution in [2.24, 2.45) is 0 Å². The monoisotopic (exact) mass is 426 g/mol. The van der Waals surface area contributed by atoms with Crippen molar-refractivity contribution in [3.63, 3.8) is 0 Å². The van der Waals surface area contributed by atoms with Crippen LogP contribution in [0.4, 0.5) is 5.69 Å². The highest BCUT2D eigenvalue weighted by Crippen LogP contribution is 2.39. The van der Waals surface area contributed by atoms with Gasteiger partial charge in [0.1, 0.15) is 5.75 Å². The fraction of sp³-hybridized carbons (Fsp3) is 0.348. The van der Waals surface area contributed by atoms with E-state index in [0.29, 0.717) is 37.3 Å². The van der Waals surface area contributed by atoms with Crippen molar-refractivity contribution in [2.75, 3.05) is 39.3 Å². The summed E-state index contributed by atoms with van der Waals surface area (Å²) in [4.78, 5) is 36.3. The summed E-state index contributed by atoms with van der Waals surface area (Å²) in [5, 5.41) is 5.30. The van der Waals surface area contributed by atoms with E-state index in [2.05, 4.69) is 15.4 Å². The Labute approximate surface area is 180 Å². The number of para-hydroxylation sites is 1. The quantitative estimate of drug-likeness (QED) is 0.543. The van der Waals surface area contributed by atoms with Gasteiger partial charge in [-0.15, -0.1) is 0 Å². The van der Waals surface area contributed by atoms with E-state index < -0.39 is 17.8 Å². The summed E-state index contributed by atoms with van der Waals surface area (Å²) < 4.78 is 15.7. The summed E-state index contributed by atoms with van der Waals surface area (Å²) in [5.74, 6) is -1.26. The second-order valence-electron chi connectivity index (χ2n) is 7.30. The maximum Gasteiger partial charge on any atom is 0.337 e. The minimum absolute atomic E-state index is 0.282. The average Bonchev–Trinajstić information content (AvgIpc) is 2.83. The molecule has 8 nitrogen and oxygen atoms in total. The average molecular weight is 426 g/mol. The first-order valence-electron chi connectivity index (χ1n) is 9.98. The number of carbonyl (C=O) groups excluding carboxylic acids is 3. The Morgan fingerprint density at radius 2 is 1.65 bits per heavy atom. The van der Waals surface area contributed by atoms with E-state index in [-0.39, 0.29) is 12.0 Å². The highest BCUT2D eigenvalue weighted by atomic mass is 16.5. The Bertz CT molecular complexity index is 935. The minimum atomic E-state index is -0.784. The number of ether oxygens (including phenoxy) is 3. The fourth-order valence-electron chi connectivity index (χ4n) is 3.71. The van der Waals surface area contributed by atoms with Gasteiger partial charge in [-0.25, -0.2) is 4.79 Å². The number of benzene rings is 2. The highest BCUT2D eigenvalue weighted by Gasteiger charge is 2.37. The van der Waals surface area contributed by atoms with Crippen LogP contribution >= 0.6 is 0 Å². The minimum Gasteiger partial charge on any atom is -0.496 e. The zero-order chi connectivity index (χ0) is 22.3. The number of nitrogens with one attached hydrogen (secondary N) is 2. The van der Waals surface area contributed by atoms with Gasteiger partial charge in [0.2, 0.25) is 0 Å². The normalized spacial score (nSPS) is 14.9. The predicted octanol–water partition coefficient (Wildman–Crippen LogP) is 2.28. The molecule has 0 saturated carbocycles. The maximum atomic E-state index is 12.5. The fourth-order valence-corrected chi connectivity index (χ4v) is 3.71. The van der Waals surface area contributed by atoms with Gasteiger partial charge < -0.3 is 24.8 Å². The van der Waals surface area contributed by atoms with Crippen molar-refractivity contribution >= 4 is 23.5 Å². The summed E-state index contributed by atoms with van der Waals surface area (Å²) in [6.45, 7) is 1.41. The van der Waals surface area contributed by atoms with Crippen LogP contribution in [0.2, 0.25) is 0 Å². The van der Waals surface area contributed by atoms with Gasteiger partial charge in [-0.1, -0.05) is 18.2 Å². The summed E-state index contributed by atoms with van der Waals surface area (Å²) >= 11 is 0. The number of anilines is 1. The predicted molar refractivity (Wildman–Crippen MR) is 114 cm³/mol. The third kappa shape index (κ3) is 5.21. The SMILES string of the molecule is COC(=O)c1ccc(NC(=O)C(=O)NCC2(c3ccccc3OC)CCOCC2)cc1. The lowest BCUT2D eigenvalue weighted by Gasteiger charge is -2.38. The zero-order valence-corrected chi connectivity index (χ0v) is 17.6. The van der Waals surface area contributed by atoms with Crippen LogP contribution in [0.3, 0.4) is 0 Å². The number of rotatable bonds is 6. The first kappa shape index (κ1) is 22.3. The first-order valence-corrected chi connectivity index (χ1v) is 9.98. The molecule has 164 valence electrons. The van der Waals surface area contributed by atoms with Crippen LogP contribution in [0.5, 0.6) is 5.75 Å². The van der Waals surface area contributed by atoms with Crippen molar-refractivity contribution in [1.29, 1.82) is 0 Å². The van der Waals surface area contributed by atoms with Gasteiger partial charge in [-0.2, -0.15) is 0 Å². The van der Waals surface area contributed by atoms with Crippen LogP contribution in [0.25, 0.3) is 0 Å². The second kappa shape index (κ2) is 10.1. The summed E-state index contributed by atoms with van der Waals surface area (Å²) in [7, 11) is 2.90. The lowest BCUT2D eigenvalue weighted by molar-refractivity contribution is -0.136. The second-order valence-corrected chi connectivity index (χ2v) is 7.30. The number of amides is 2. The third-order valence-electron chi connectivity index (χ3n) is 5.49. The molecule has 1 aliphatic heterocycles. The molecule has 0 unspecified atom stereocenters. The Kier molecular flexibility index (Phi) is 7.25. The van der Waals surface area contributed by atoms with Crippen molar-refractivity contribution in [3.8, 4) is 5.75 Å². The Morgan fingerprint density at radius 1 is 0.968 bits per heavy atom. The van der Waals surface area contributed by atoms with E-state index >= 15 is 0 Å². The molecule has 2 N–H and O–H groups in total. The maximum absolute atomic E-state index is 12.5. The van der Waals surface area contributed by atoms with Crippen molar-refractivity contribution in [2.45, 2.75) is 18.3 Å². The zero-order valence-electron chi connectivity index (χ0n) is 17.6. The Morgan fingerprint density at radius 3 is 2.29 bits per heavy atom. The molecule has 0 bridgehead atoms. The van der Waals surface area contributed by atoms with Gasteiger partial charge in [-0.05, 0) is 43.2 Å². The van der Waals surface area contributed by atoms with Gasteiger partial charge >= 0.3 is 17.8 Å². The van der Waals surface area contributed by atoms with Crippen LogP contribution in [-0.2, 0) is 24.5 Å². The lowest BCUT2D eigenvalue weighted by Crippen LogP contribution is -2.47. The number of hydrogen-bond donors (Lipinski definition) is 2. The van der Waals surface area contributed by atoms with Crippen molar-refractivity contribution in [1.82, 2.24) is 5.32 Å².